The van der Waals surface area contributed by atoms with Crippen molar-refractivity contribution in [3.63, 3.8) is 0 Å². The number of ether oxygens (including phenoxy) is 2. The van der Waals surface area contributed by atoms with Gasteiger partial charge in [-0.15, -0.1) is 0 Å². The lowest BCUT2D eigenvalue weighted by Gasteiger charge is -2.38. The number of nitrogens with one attached hydrogen (secondary N) is 1. The molecule has 0 aromatic heterocycles. The van der Waals surface area contributed by atoms with Gasteiger partial charge in [-0.1, -0.05) is 26.0 Å². The van der Waals surface area contributed by atoms with E-state index < -0.39 is 12.1 Å². The Bertz CT molecular complexity index is 510. The Balaban J connectivity index is 2.34. The molecule has 5 heteroatoms. The normalized spacial score (nSPS) is 21.2. The molecule has 0 saturated carbocycles. The average Bonchev–Trinajstić information content (AvgIpc) is 2.41. The molecular formula is C14H17NO4. The van der Waals surface area contributed by atoms with Gasteiger partial charge in [-0.25, -0.2) is 9.59 Å². The van der Waals surface area contributed by atoms with E-state index >= 15 is 0 Å². The quantitative estimate of drug-likeness (QED) is 0.831. The second-order valence-corrected chi connectivity index (χ2v) is 5.26. The van der Waals surface area contributed by atoms with E-state index in [0.717, 1.165) is 5.56 Å². The first-order chi connectivity index (χ1) is 8.94. The first-order valence-corrected chi connectivity index (χ1v) is 6.05. The van der Waals surface area contributed by atoms with Crippen LogP contribution < -0.4 is 5.32 Å². The van der Waals surface area contributed by atoms with Crippen LogP contribution in [-0.2, 0) is 9.47 Å². The van der Waals surface area contributed by atoms with Gasteiger partial charge in [0.15, 0.2) is 0 Å². The van der Waals surface area contributed by atoms with Gasteiger partial charge >= 0.3 is 12.1 Å². The molecule has 1 aliphatic heterocycles. The van der Waals surface area contributed by atoms with Crippen LogP contribution in [0.2, 0.25) is 0 Å². The van der Waals surface area contributed by atoms with Crippen LogP contribution in [0.25, 0.3) is 0 Å². The van der Waals surface area contributed by atoms with Gasteiger partial charge in [-0.3, -0.25) is 0 Å². The van der Waals surface area contributed by atoms with E-state index in [-0.39, 0.29) is 11.5 Å². The number of carbonyl (C=O) groups is 2. The number of hydrogen-bond donors (Lipinski definition) is 1. The topological polar surface area (TPSA) is 64.6 Å². The number of rotatable bonds is 2. The van der Waals surface area contributed by atoms with Gasteiger partial charge in [0, 0.05) is 5.41 Å². The summed E-state index contributed by atoms with van der Waals surface area (Å²) in [5, 5.41) is 2.79. The summed E-state index contributed by atoms with van der Waals surface area (Å²) in [4.78, 5) is 22.9. The van der Waals surface area contributed by atoms with Crippen molar-refractivity contribution in [3.8, 4) is 0 Å². The monoisotopic (exact) mass is 263 g/mol. The van der Waals surface area contributed by atoms with Crippen LogP contribution in [0.15, 0.2) is 24.3 Å². The van der Waals surface area contributed by atoms with E-state index in [9.17, 15) is 9.59 Å². The minimum Gasteiger partial charge on any atom is -0.465 e. The van der Waals surface area contributed by atoms with Gasteiger partial charge in [0.1, 0.15) is 6.61 Å². The van der Waals surface area contributed by atoms with Gasteiger partial charge in [0.05, 0.1) is 18.7 Å². The highest BCUT2D eigenvalue weighted by Crippen LogP contribution is 2.36. The molecule has 0 bridgehead atoms. The SMILES string of the molecule is COC(=O)c1cccc([C@H]2NC(=O)OCC2(C)C)c1. The van der Waals surface area contributed by atoms with Crippen LogP contribution in [-0.4, -0.2) is 25.8 Å². The maximum absolute atomic E-state index is 11.5. The molecule has 1 aliphatic rings. The van der Waals surface area contributed by atoms with Gasteiger partial charge < -0.3 is 14.8 Å². The van der Waals surface area contributed by atoms with E-state index in [1.807, 2.05) is 19.9 Å². The summed E-state index contributed by atoms with van der Waals surface area (Å²) in [6.45, 7) is 4.34. The van der Waals surface area contributed by atoms with Crippen LogP contribution >= 0.6 is 0 Å². The van der Waals surface area contributed by atoms with Crippen molar-refractivity contribution in [2.75, 3.05) is 13.7 Å². The van der Waals surface area contributed by atoms with Crippen LogP contribution in [0.1, 0.15) is 35.8 Å². The van der Waals surface area contributed by atoms with E-state index in [1.165, 1.54) is 7.11 Å². The van der Waals surface area contributed by atoms with Crippen molar-refractivity contribution in [1.29, 1.82) is 0 Å². The molecule has 1 fully saturated rings. The van der Waals surface area contributed by atoms with Crippen molar-refractivity contribution >= 4 is 12.1 Å². The molecule has 1 amide bonds. The van der Waals surface area contributed by atoms with Gasteiger partial charge in [0.2, 0.25) is 0 Å². The lowest BCUT2D eigenvalue weighted by Crippen LogP contribution is -2.46. The summed E-state index contributed by atoms with van der Waals surface area (Å²) in [7, 11) is 1.34. The molecule has 1 aromatic carbocycles. The summed E-state index contributed by atoms with van der Waals surface area (Å²) >= 11 is 0. The van der Waals surface area contributed by atoms with Crippen molar-refractivity contribution in [2.45, 2.75) is 19.9 Å². The predicted octanol–water partition coefficient (Wildman–Crippen LogP) is 2.28. The Morgan fingerprint density at radius 2 is 2.21 bits per heavy atom. The fourth-order valence-electron chi connectivity index (χ4n) is 2.19. The molecule has 19 heavy (non-hydrogen) atoms. The molecular weight excluding hydrogens is 246 g/mol. The smallest absolute Gasteiger partial charge is 0.407 e. The third-order valence-corrected chi connectivity index (χ3v) is 3.26. The second kappa shape index (κ2) is 4.91. The molecule has 1 heterocycles. The zero-order chi connectivity index (χ0) is 14.0. The van der Waals surface area contributed by atoms with E-state index in [0.29, 0.717) is 12.2 Å². The minimum absolute atomic E-state index is 0.196. The molecule has 1 saturated heterocycles. The van der Waals surface area contributed by atoms with Crippen molar-refractivity contribution in [3.05, 3.63) is 35.4 Å². The number of hydrogen-bond acceptors (Lipinski definition) is 4. The predicted molar refractivity (Wildman–Crippen MR) is 68.8 cm³/mol. The number of alkyl carbamates (subject to hydrolysis) is 1. The van der Waals surface area contributed by atoms with Gasteiger partial charge in [0.25, 0.3) is 0 Å². The molecule has 5 nitrogen and oxygen atoms in total. The Morgan fingerprint density at radius 3 is 2.89 bits per heavy atom. The molecule has 0 spiro atoms. The minimum atomic E-state index is -0.437. The molecule has 1 atom stereocenters. The highest BCUT2D eigenvalue weighted by Gasteiger charge is 2.38. The molecule has 0 aliphatic carbocycles. The van der Waals surface area contributed by atoms with E-state index in [1.54, 1.807) is 18.2 Å². The summed E-state index contributed by atoms with van der Waals surface area (Å²) < 4.78 is 9.70. The molecule has 1 N–H and O–H groups in total. The van der Waals surface area contributed by atoms with E-state index in [4.69, 9.17) is 9.47 Å². The zero-order valence-electron chi connectivity index (χ0n) is 11.2. The van der Waals surface area contributed by atoms with E-state index in [2.05, 4.69) is 5.32 Å². The van der Waals surface area contributed by atoms with Gasteiger partial charge in [-0.2, -0.15) is 0 Å². The summed E-state index contributed by atoms with van der Waals surface area (Å²) in [5.74, 6) is -0.391. The molecule has 102 valence electrons. The summed E-state index contributed by atoms with van der Waals surface area (Å²) in [6, 6.07) is 6.88. The highest BCUT2D eigenvalue weighted by molar-refractivity contribution is 5.89. The first kappa shape index (κ1) is 13.4. The van der Waals surface area contributed by atoms with Gasteiger partial charge in [-0.05, 0) is 17.7 Å². The number of cyclic esters (lactones) is 1. The fourth-order valence-corrected chi connectivity index (χ4v) is 2.19. The lowest BCUT2D eigenvalue weighted by molar-refractivity contribution is 0.0387. The largest absolute Gasteiger partial charge is 0.465 e. The summed E-state index contributed by atoms with van der Waals surface area (Å²) in [5.41, 5.74) is 1.09. The standard InChI is InChI=1S/C14H17NO4/c1-14(2)8-19-13(17)15-11(14)9-5-4-6-10(7-9)12(16)18-3/h4-7,11H,8H2,1-3H3,(H,15,17)/t11-/m1/s1. The number of amides is 1. The number of carbonyl (C=O) groups excluding carboxylic acids is 2. The third kappa shape index (κ3) is 2.70. The maximum Gasteiger partial charge on any atom is 0.407 e. The lowest BCUT2D eigenvalue weighted by atomic mass is 9.80. The first-order valence-electron chi connectivity index (χ1n) is 6.05. The van der Waals surface area contributed by atoms with Crippen LogP contribution in [0.3, 0.4) is 0 Å². The maximum atomic E-state index is 11.5. The Labute approximate surface area is 111 Å². The zero-order valence-corrected chi connectivity index (χ0v) is 11.2. The Hall–Kier alpha value is -2.04. The highest BCUT2D eigenvalue weighted by atomic mass is 16.6. The average molecular weight is 263 g/mol. The third-order valence-electron chi connectivity index (χ3n) is 3.26. The number of benzene rings is 1. The van der Waals surface area contributed by atoms with Crippen molar-refractivity contribution in [2.24, 2.45) is 5.41 Å². The van der Waals surface area contributed by atoms with Crippen LogP contribution in [0.4, 0.5) is 4.79 Å². The molecule has 2 rings (SSSR count). The van der Waals surface area contributed by atoms with Crippen LogP contribution in [0.5, 0.6) is 0 Å². The number of methoxy groups -OCH3 is 1. The van der Waals surface area contributed by atoms with Crippen molar-refractivity contribution < 1.29 is 19.1 Å². The Kier molecular flexibility index (Phi) is 3.46. The summed E-state index contributed by atoms with van der Waals surface area (Å²) in [6.07, 6.45) is -0.437. The Morgan fingerprint density at radius 1 is 1.47 bits per heavy atom. The van der Waals surface area contributed by atoms with Crippen molar-refractivity contribution in [1.82, 2.24) is 5.32 Å². The molecule has 0 radical (unpaired) electrons. The molecule has 0 unspecified atom stereocenters. The second-order valence-electron chi connectivity index (χ2n) is 5.26. The number of esters is 1. The van der Waals surface area contributed by atoms with Crippen LogP contribution in [0, 0.1) is 5.41 Å². The molecule has 1 aromatic rings. The fraction of sp³-hybridized carbons (Fsp3) is 0.429.